The third-order valence-electron chi connectivity index (χ3n) is 2.10. The minimum atomic E-state index is -0.635. The number of anilines is 1. The van der Waals surface area contributed by atoms with Crippen molar-refractivity contribution >= 4 is 23.4 Å². The van der Waals surface area contributed by atoms with E-state index in [1.54, 1.807) is 6.92 Å². The Morgan fingerprint density at radius 2 is 2.31 bits per heavy atom. The van der Waals surface area contributed by atoms with Gasteiger partial charge in [-0.05, 0) is 18.4 Å². The Kier molecular flexibility index (Phi) is 4.61. The summed E-state index contributed by atoms with van der Waals surface area (Å²) in [6, 6.07) is 3.90. The number of para-hydroxylation sites is 1. The zero-order valence-corrected chi connectivity index (χ0v) is 9.97. The zero-order valence-electron chi connectivity index (χ0n) is 9.16. The summed E-state index contributed by atoms with van der Waals surface area (Å²) in [5, 5.41) is 11.8. The molecule has 0 bridgehead atoms. The maximum absolute atomic E-state index is 13.3. The summed E-state index contributed by atoms with van der Waals surface area (Å²) in [5.41, 5.74) is -0.152. The lowest BCUT2D eigenvalue weighted by Crippen LogP contribution is -2.22. The molecule has 1 amide bonds. The molecule has 3 nitrogen and oxygen atoms in total. The smallest absolute Gasteiger partial charge is 0.228 e. The molecule has 16 heavy (non-hydrogen) atoms. The molecule has 2 N–H and O–H groups in total. The van der Waals surface area contributed by atoms with Crippen molar-refractivity contribution in [3.05, 3.63) is 24.0 Å². The van der Waals surface area contributed by atoms with Gasteiger partial charge in [0.15, 0.2) is 5.82 Å². The van der Waals surface area contributed by atoms with E-state index in [4.69, 9.17) is 0 Å². The van der Waals surface area contributed by atoms with Crippen molar-refractivity contribution in [3.8, 4) is 5.75 Å². The van der Waals surface area contributed by atoms with E-state index in [0.717, 1.165) is 0 Å². The molecule has 0 aliphatic heterocycles. The van der Waals surface area contributed by atoms with Gasteiger partial charge in [-0.2, -0.15) is 11.8 Å². The van der Waals surface area contributed by atoms with Gasteiger partial charge in [0.05, 0.1) is 0 Å². The molecule has 5 heteroatoms. The SMILES string of the molecule is CSCC(C)C(=O)Nc1c(O)cccc1F. The Labute approximate surface area is 98.1 Å². The predicted octanol–water partition coefficient (Wildman–Crippen LogP) is 2.47. The van der Waals surface area contributed by atoms with Crippen LogP contribution in [0.4, 0.5) is 10.1 Å². The Bertz CT molecular complexity index is 364. The Balaban J connectivity index is 2.77. The maximum atomic E-state index is 13.3. The number of phenols is 1. The van der Waals surface area contributed by atoms with E-state index in [-0.39, 0.29) is 23.3 Å². The first-order chi connectivity index (χ1) is 7.56. The van der Waals surface area contributed by atoms with E-state index in [1.807, 2.05) is 6.26 Å². The molecule has 1 atom stereocenters. The Hall–Kier alpha value is -1.23. The van der Waals surface area contributed by atoms with Crippen LogP contribution in [0.2, 0.25) is 0 Å². The van der Waals surface area contributed by atoms with Crippen LogP contribution >= 0.6 is 11.8 Å². The molecule has 0 aliphatic carbocycles. The molecule has 0 saturated carbocycles. The molecule has 0 heterocycles. The first-order valence-corrected chi connectivity index (χ1v) is 6.23. The van der Waals surface area contributed by atoms with Crippen LogP contribution in [-0.2, 0) is 4.79 Å². The third kappa shape index (κ3) is 3.13. The second kappa shape index (κ2) is 5.75. The van der Waals surface area contributed by atoms with Crippen molar-refractivity contribution in [2.45, 2.75) is 6.92 Å². The van der Waals surface area contributed by atoms with Crippen molar-refractivity contribution < 1.29 is 14.3 Å². The summed E-state index contributed by atoms with van der Waals surface area (Å²) in [7, 11) is 0. The van der Waals surface area contributed by atoms with E-state index < -0.39 is 5.82 Å². The van der Waals surface area contributed by atoms with Crippen LogP contribution in [0.1, 0.15) is 6.92 Å². The number of nitrogens with one attached hydrogen (secondary N) is 1. The van der Waals surface area contributed by atoms with Gasteiger partial charge in [-0.15, -0.1) is 0 Å². The minimum Gasteiger partial charge on any atom is -0.506 e. The van der Waals surface area contributed by atoms with Crippen LogP contribution in [0.15, 0.2) is 18.2 Å². The van der Waals surface area contributed by atoms with Gasteiger partial charge >= 0.3 is 0 Å². The zero-order chi connectivity index (χ0) is 12.1. The molecular weight excluding hydrogens is 229 g/mol. The van der Waals surface area contributed by atoms with Crippen molar-refractivity contribution in [1.82, 2.24) is 0 Å². The van der Waals surface area contributed by atoms with Gasteiger partial charge in [0.2, 0.25) is 5.91 Å². The van der Waals surface area contributed by atoms with Crippen LogP contribution in [0.5, 0.6) is 5.75 Å². The Morgan fingerprint density at radius 3 is 2.88 bits per heavy atom. The van der Waals surface area contributed by atoms with Gasteiger partial charge in [0.1, 0.15) is 11.4 Å². The summed E-state index contributed by atoms with van der Waals surface area (Å²) >= 11 is 1.54. The summed E-state index contributed by atoms with van der Waals surface area (Å²) in [6.45, 7) is 1.75. The van der Waals surface area contributed by atoms with Crippen molar-refractivity contribution in [2.24, 2.45) is 5.92 Å². The maximum Gasteiger partial charge on any atom is 0.228 e. The topological polar surface area (TPSA) is 49.3 Å². The average Bonchev–Trinajstić information content (AvgIpc) is 2.23. The number of halogens is 1. The lowest BCUT2D eigenvalue weighted by Gasteiger charge is -2.12. The molecular formula is C11H14FNO2S. The quantitative estimate of drug-likeness (QED) is 0.799. The number of phenolic OH excluding ortho intramolecular Hbond substituents is 1. The fraction of sp³-hybridized carbons (Fsp3) is 0.364. The third-order valence-corrected chi connectivity index (χ3v) is 2.94. The molecule has 1 unspecified atom stereocenters. The first-order valence-electron chi connectivity index (χ1n) is 4.83. The van der Waals surface area contributed by atoms with Crippen LogP contribution in [0.25, 0.3) is 0 Å². The van der Waals surface area contributed by atoms with Crippen molar-refractivity contribution in [2.75, 3.05) is 17.3 Å². The monoisotopic (exact) mass is 243 g/mol. The molecule has 0 spiro atoms. The van der Waals surface area contributed by atoms with Crippen LogP contribution in [0, 0.1) is 11.7 Å². The number of carbonyl (C=O) groups excluding carboxylic acids is 1. The summed E-state index contributed by atoms with van der Waals surface area (Å²) in [5.74, 6) is -0.765. The predicted molar refractivity (Wildman–Crippen MR) is 64.2 cm³/mol. The number of hydrogen-bond acceptors (Lipinski definition) is 3. The van der Waals surface area contributed by atoms with Gasteiger partial charge in [0, 0.05) is 11.7 Å². The molecule has 0 saturated heterocycles. The largest absolute Gasteiger partial charge is 0.506 e. The highest BCUT2D eigenvalue weighted by Gasteiger charge is 2.16. The highest BCUT2D eigenvalue weighted by atomic mass is 32.2. The lowest BCUT2D eigenvalue weighted by atomic mass is 10.2. The standard InChI is InChI=1S/C11H14FNO2S/c1-7(6-16-2)11(15)13-10-8(12)4-3-5-9(10)14/h3-5,7,14H,6H2,1-2H3,(H,13,15). The van der Waals surface area contributed by atoms with Gasteiger partial charge in [-0.3, -0.25) is 4.79 Å². The molecule has 1 aromatic rings. The van der Waals surface area contributed by atoms with Crippen LogP contribution in [-0.4, -0.2) is 23.0 Å². The van der Waals surface area contributed by atoms with Crippen molar-refractivity contribution in [3.63, 3.8) is 0 Å². The van der Waals surface area contributed by atoms with Gasteiger partial charge in [-0.1, -0.05) is 13.0 Å². The number of amides is 1. The number of rotatable bonds is 4. The number of aromatic hydroxyl groups is 1. The van der Waals surface area contributed by atoms with E-state index >= 15 is 0 Å². The molecule has 0 aliphatic rings. The average molecular weight is 243 g/mol. The fourth-order valence-electron chi connectivity index (χ4n) is 1.21. The van der Waals surface area contributed by atoms with E-state index in [0.29, 0.717) is 5.75 Å². The molecule has 0 radical (unpaired) electrons. The molecule has 0 fully saturated rings. The lowest BCUT2D eigenvalue weighted by molar-refractivity contribution is -0.118. The van der Waals surface area contributed by atoms with E-state index in [2.05, 4.69) is 5.32 Å². The second-order valence-electron chi connectivity index (χ2n) is 3.48. The first kappa shape index (κ1) is 12.8. The summed E-state index contributed by atoms with van der Waals surface area (Å²) < 4.78 is 13.3. The summed E-state index contributed by atoms with van der Waals surface area (Å²) in [4.78, 5) is 11.6. The van der Waals surface area contributed by atoms with Gasteiger partial charge < -0.3 is 10.4 Å². The Morgan fingerprint density at radius 1 is 1.62 bits per heavy atom. The molecule has 1 rings (SSSR count). The van der Waals surface area contributed by atoms with Gasteiger partial charge in [0.25, 0.3) is 0 Å². The normalized spacial score (nSPS) is 12.2. The van der Waals surface area contributed by atoms with Crippen LogP contribution < -0.4 is 5.32 Å². The van der Waals surface area contributed by atoms with E-state index in [1.165, 1.54) is 30.0 Å². The van der Waals surface area contributed by atoms with E-state index in [9.17, 15) is 14.3 Å². The highest BCUT2D eigenvalue weighted by Crippen LogP contribution is 2.26. The van der Waals surface area contributed by atoms with Crippen molar-refractivity contribution in [1.29, 1.82) is 0 Å². The second-order valence-corrected chi connectivity index (χ2v) is 4.39. The summed E-state index contributed by atoms with van der Waals surface area (Å²) in [6.07, 6.45) is 1.89. The molecule has 88 valence electrons. The number of thioether (sulfide) groups is 1. The van der Waals surface area contributed by atoms with Gasteiger partial charge in [-0.25, -0.2) is 4.39 Å². The highest BCUT2D eigenvalue weighted by molar-refractivity contribution is 7.98. The fourth-order valence-corrected chi connectivity index (χ4v) is 1.86. The number of carbonyl (C=O) groups is 1. The number of hydrogen-bond donors (Lipinski definition) is 2. The van der Waals surface area contributed by atoms with Crippen LogP contribution in [0.3, 0.4) is 0 Å². The minimum absolute atomic E-state index is 0.152. The molecule has 0 aromatic heterocycles. The number of benzene rings is 1. The molecule has 1 aromatic carbocycles.